The number of carbonyl (C=O) groups is 13. The third-order valence-electron chi connectivity index (χ3n) is 19.9. The molecule has 5 rings (SSSR count). The summed E-state index contributed by atoms with van der Waals surface area (Å²) in [5.41, 5.74) is 1.88. The van der Waals surface area contributed by atoms with Crippen molar-refractivity contribution in [2.45, 2.75) is 200 Å². The summed E-state index contributed by atoms with van der Waals surface area (Å²) in [5.74, 6) is -11.1. The van der Waals surface area contributed by atoms with Gasteiger partial charge in [0.25, 0.3) is 0 Å². The number of hydrogen-bond donors (Lipinski definition) is 5. The molecule has 13 amide bonds. The molecule has 566 valence electrons. The Morgan fingerprint density at radius 1 is 0.515 bits per heavy atom. The summed E-state index contributed by atoms with van der Waals surface area (Å²) in [4.78, 5) is 204. The number of piperidine rings is 1. The molecule has 12 atom stereocenters. The maximum atomic E-state index is 15.9. The van der Waals surface area contributed by atoms with E-state index < -0.39 is 162 Å². The zero-order valence-corrected chi connectivity index (χ0v) is 63.6. The van der Waals surface area contributed by atoms with Gasteiger partial charge in [-0.1, -0.05) is 133 Å². The van der Waals surface area contributed by atoms with Gasteiger partial charge in [0.15, 0.2) is 0 Å². The van der Waals surface area contributed by atoms with E-state index >= 15 is 24.0 Å². The molecule has 2 saturated heterocycles. The lowest BCUT2D eigenvalue weighted by molar-refractivity contribution is -0.152. The quantitative estimate of drug-likeness (QED) is 0.115. The Bertz CT molecular complexity index is 3430. The summed E-state index contributed by atoms with van der Waals surface area (Å²) in [6.45, 7) is 16.6. The van der Waals surface area contributed by atoms with Crippen molar-refractivity contribution >= 4 is 76.8 Å². The monoisotopic (exact) mass is 1430 g/mol. The van der Waals surface area contributed by atoms with Gasteiger partial charge < -0.3 is 70.5 Å². The number of amides is 13. The second kappa shape index (κ2) is 38.8. The zero-order valence-electron chi connectivity index (χ0n) is 63.6. The number of benzene rings is 3. The van der Waals surface area contributed by atoms with E-state index in [1.54, 1.807) is 117 Å². The van der Waals surface area contributed by atoms with Crippen molar-refractivity contribution in [3.8, 4) is 0 Å². The summed E-state index contributed by atoms with van der Waals surface area (Å²) in [7, 11) is 10.8. The number of aliphatic hydroxyl groups excluding tert-OH is 1. The highest BCUT2D eigenvalue weighted by molar-refractivity contribution is 6.01. The average molecular weight is 1430 g/mol. The van der Waals surface area contributed by atoms with Gasteiger partial charge in [-0.2, -0.15) is 0 Å². The summed E-state index contributed by atoms with van der Waals surface area (Å²) in [6.07, 6.45) is 0.0719. The van der Waals surface area contributed by atoms with Crippen molar-refractivity contribution in [1.29, 1.82) is 0 Å². The lowest BCUT2D eigenvalue weighted by Crippen LogP contribution is -2.62. The maximum Gasteiger partial charge on any atom is 0.248 e. The molecule has 3 aromatic carbocycles. The zero-order chi connectivity index (χ0) is 77.0. The van der Waals surface area contributed by atoms with Crippen molar-refractivity contribution in [3.63, 3.8) is 0 Å². The molecule has 0 spiro atoms. The van der Waals surface area contributed by atoms with Gasteiger partial charge in [0.05, 0.1) is 19.1 Å². The molecule has 0 radical (unpaired) electrons. The van der Waals surface area contributed by atoms with Crippen LogP contribution in [-0.4, -0.2) is 275 Å². The van der Waals surface area contributed by atoms with Crippen LogP contribution in [0.15, 0.2) is 91.0 Å². The fraction of sp³-hybridized carbons (Fsp3) is 0.592. The first-order chi connectivity index (χ1) is 48.4. The molecule has 5 N–H and O–H groups in total. The van der Waals surface area contributed by atoms with Crippen molar-refractivity contribution in [1.82, 2.24) is 65.4 Å². The molecule has 0 saturated carbocycles. The predicted octanol–water partition coefficient (Wildman–Crippen LogP) is 2.51. The van der Waals surface area contributed by atoms with E-state index in [9.17, 15) is 43.5 Å². The van der Waals surface area contributed by atoms with Crippen LogP contribution in [0.3, 0.4) is 0 Å². The van der Waals surface area contributed by atoms with Crippen LogP contribution in [0, 0.1) is 17.8 Å². The van der Waals surface area contributed by atoms with Crippen LogP contribution in [0.4, 0.5) is 0 Å². The Morgan fingerprint density at radius 3 is 1.46 bits per heavy atom. The average Bonchev–Trinajstić information content (AvgIpc) is 0.768. The molecule has 2 aliphatic rings. The molecule has 3 aromatic rings. The van der Waals surface area contributed by atoms with Crippen molar-refractivity contribution < 1.29 is 67.4 Å². The Balaban J connectivity index is 1.67. The highest BCUT2D eigenvalue weighted by Crippen LogP contribution is 2.23. The maximum absolute atomic E-state index is 15.9. The first-order valence-corrected chi connectivity index (χ1v) is 35.8. The van der Waals surface area contributed by atoms with Crippen LogP contribution in [0.2, 0.25) is 0 Å². The van der Waals surface area contributed by atoms with E-state index in [2.05, 4.69) is 21.3 Å². The van der Waals surface area contributed by atoms with Crippen LogP contribution in [0.1, 0.15) is 124 Å². The summed E-state index contributed by atoms with van der Waals surface area (Å²) < 4.78 is 0. The molecule has 2 aliphatic heterocycles. The first-order valence-electron chi connectivity index (χ1n) is 35.8. The van der Waals surface area contributed by atoms with E-state index in [0.29, 0.717) is 29.8 Å². The van der Waals surface area contributed by atoms with Crippen LogP contribution in [-0.2, 0) is 81.6 Å². The molecule has 2 fully saturated rings. The van der Waals surface area contributed by atoms with Gasteiger partial charge in [-0.05, 0) is 94.2 Å². The third kappa shape index (κ3) is 22.9. The number of aliphatic hydroxyl groups is 1. The second-order valence-electron chi connectivity index (χ2n) is 29.0. The second-order valence-corrected chi connectivity index (χ2v) is 29.0. The summed E-state index contributed by atoms with van der Waals surface area (Å²) >= 11 is 0. The highest BCUT2D eigenvalue weighted by atomic mass is 16.3. The van der Waals surface area contributed by atoms with Gasteiger partial charge >= 0.3 is 0 Å². The summed E-state index contributed by atoms with van der Waals surface area (Å²) in [6, 6.07) is 11.1. The Hall–Kier alpha value is -9.27. The first kappa shape index (κ1) is 84.4. The molecular weight excluding hydrogens is 1320 g/mol. The van der Waals surface area contributed by atoms with Crippen LogP contribution in [0.25, 0.3) is 0 Å². The minimum absolute atomic E-state index is 0.0136. The molecule has 0 bridgehead atoms. The van der Waals surface area contributed by atoms with Gasteiger partial charge in [-0.25, -0.2) is 0 Å². The van der Waals surface area contributed by atoms with Crippen molar-refractivity contribution in [3.05, 3.63) is 108 Å². The smallest absolute Gasteiger partial charge is 0.248 e. The molecule has 103 heavy (non-hydrogen) atoms. The number of hydrogen-bond acceptors (Lipinski definition) is 14. The van der Waals surface area contributed by atoms with Crippen LogP contribution >= 0.6 is 0 Å². The molecule has 27 nitrogen and oxygen atoms in total. The molecular formula is C76H113N13O14. The predicted molar refractivity (Wildman–Crippen MR) is 389 cm³/mol. The lowest BCUT2D eigenvalue weighted by Gasteiger charge is -2.38. The van der Waals surface area contributed by atoms with Crippen LogP contribution in [0.5, 0.6) is 0 Å². The van der Waals surface area contributed by atoms with Gasteiger partial charge in [0, 0.05) is 88.7 Å². The standard InChI is InChI=1S/C76H113N13O14/c1-46(2)39-57-67(94)80-65(52(10)90)76(103)83(13)51(9)72(99)85(15)58(40-47(3)4)68(95)79-64(48(5)6)69(96)78-56(44-62(91)82(12)50(8)71(98)87(17)60(42-54-33-25-20-26-34-54)74(101)81(11)45-63(92)84(57)14)73(100)88(18)61(43-55-35-27-21-28-36-55)75(102)86(16)59(41-53-31-23-19-24-32-53)66(93)77-49(7)70(97)89-37-29-22-30-38-89/h19-21,23-28,31-36,46-52,56-61,64-65,90H,22,29-30,37-45H2,1-18H3,(H,77,93)(H,78,96)(H,79,95)(H,80,94)/t49-,50-,51-,52+,56-,57-,58-,59-,60-,61-,64-,65-/m0/s1. The fourth-order valence-electron chi connectivity index (χ4n) is 12.9. The number of likely N-dealkylation sites (tertiary alicyclic amines) is 1. The third-order valence-corrected chi connectivity index (χ3v) is 19.9. The molecule has 0 unspecified atom stereocenters. The summed E-state index contributed by atoms with van der Waals surface area (Å²) in [5, 5.41) is 22.2. The fourth-order valence-corrected chi connectivity index (χ4v) is 12.9. The van der Waals surface area contributed by atoms with Gasteiger partial charge in [-0.3, -0.25) is 62.3 Å². The van der Waals surface area contributed by atoms with Crippen molar-refractivity contribution in [2.24, 2.45) is 17.8 Å². The normalized spacial score (nSPS) is 23.2. The largest absolute Gasteiger partial charge is 0.391 e. The Morgan fingerprint density at radius 2 is 0.971 bits per heavy atom. The van der Waals surface area contributed by atoms with E-state index in [1.165, 1.54) is 82.1 Å². The Labute approximate surface area is 608 Å². The topological polar surface area (TPSA) is 319 Å². The highest BCUT2D eigenvalue weighted by Gasteiger charge is 2.44. The van der Waals surface area contributed by atoms with E-state index in [1.807, 2.05) is 27.7 Å². The minimum Gasteiger partial charge on any atom is -0.391 e. The molecule has 2 heterocycles. The minimum atomic E-state index is -1.87. The lowest BCUT2D eigenvalue weighted by atomic mass is 9.97. The number of likely N-dealkylation sites (N-methyl/N-ethyl adjacent to an activating group) is 8. The number of nitrogens with one attached hydrogen (secondary N) is 4. The SMILES string of the molecule is CC(C)C[C@H]1C(=O)N[C@@H]([C@@H](C)O)C(=O)N(C)[C@@H](C)C(=O)N(C)[C@@H](CC(C)C)C(=O)N[C@@H](C(C)C)C(=O)N[C@H](C(=O)N(C)[C@@H](Cc2ccccc2)C(=O)N(C)[C@@H](Cc2ccccc2)C(=O)N[C@@H](C)C(=O)N2CCCCC2)CC(=O)N(C)[C@@H](C)C(=O)N(C)[C@@H](Cc2ccccc2)C(=O)N(C)CC(=O)N1C. The van der Waals surface area contributed by atoms with E-state index in [0.717, 1.165) is 53.6 Å². The van der Waals surface area contributed by atoms with Gasteiger partial charge in [0.2, 0.25) is 76.8 Å². The van der Waals surface area contributed by atoms with E-state index in [-0.39, 0.29) is 49.8 Å². The molecule has 0 aliphatic carbocycles. The Kier molecular flexibility index (Phi) is 31.8. The number of nitrogens with zero attached hydrogens (tertiary/aromatic N) is 9. The number of rotatable bonds is 19. The van der Waals surface area contributed by atoms with Crippen molar-refractivity contribution in [2.75, 3.05) is 76.0 Å². The van der Waals surface area contributed by atoms with Crippen LogP contribution < -0.4 is 21.3 Å². The van der Waals surface area contributed by atoms with E-state index in [4.69, 9.17) is 0 Å². The van der Waals surface area contributed by atoms with Gasteiger partial charge in [0.1, 0.15) is 66.5 Å². The molecule has 0 aromatic heterocycles. The number of carbonyl (C=O) groups excluding carboxylic acids is 13. The van der Waals surface area contributed by atoms with Gasteiger partial charge in [-0.15, -0.1) is 0 Å². The molecule has 27 heteroatoms.